The zero-order valence-electron chi connectivity index (χ0n) is 20.6. The summed E-state index contributed by atoms with van der Waals surface area (Å²) in [4.78, 5) is 28.0. The minimum Gasteiger partial charge on any atom is -0.483 e. The Morgan fingerprint density at radius 3 is 2.22 bits per heavy atom. The first-order valence-electron chi connectivity index (χ1n) is 11.5. The molecule has 2 amide bonds. The quantitative estimate of drug-likeness (QED) is 0.567. The van der Waals surface area contributed by atoms with Gasteiger partial charge < -0.3 is 15.0 Å². The summed E-state index contributed by atoms with van der Waals surface area (Å²) < 4.78 is 5.95. The van der Waals surface area contributed by atoms with Crippen molar-refractivity contribution in [2.24, 2.45) is 0 Å². The third-order valence-corrected chi connectivity index (χ3v) is 5.98. The molecule has 0 bridgehead atoms. The van der Waals surface area contributed by atoms with E-state index in [4.69, 9.17) is 4.74 Å². The lowest BCUT2D eigenvalue weighted by molar-refractivity contribution is -0.143. The molecule has 0 saturated carbocycles. The maximum atomic E-state index is 13.4. The van der Waals surface area contributed by atoms with Crippen LogP contribution < -0.4 is 10.1 Å². The Labute approximate surface area is 193 Å². The minimum atomic E-state index is -0.554. The second-order valence-corrected chi connectivity index (χ2v) is 8.74. The van der Waals surface area contributed by atoms with Gasteiger partial charge in [-0.1, -0.05) is 49.7 Å². The molecule has 0 aliphatic heterocycles. The number of aryl methyl sites for hydroxylation is 3. The summed E-state index contributed by atoms with van der Waals surface area (Å²) in [6.45, 7) is 14.3. The summed E-state index contributed by atoms with van der Waals surface area (Å²) in [6, 6.07) is 11.6. The molecule has 0 fully saturated rings. The van der Waals surface area contributed by atoms with E-state index in [2.05, 4.69) is 11.4 Å². The lowest BCUT2D eigenvalue weighted by Gasteiger charge is -2.31. The van der Waals surface area contributed by atoms with E-state index in [0.29, 0.717) is 18.7 Å². The number of nitrogens with zero attached hydrogens (tertiary/aromatic N) is 1. The molecule has 32 heavy (non-hydrogen) atoms. The zero-order valence-corrected chi connectivity index (χ0v) is 20.6. The monoisotopic (exact) mass is 438 g/mol. The van der Waals surface area contributed by atoms with E-state index in [0.717, 1.165) is 34.2 Å². The Morgan fingerprint density at radius 1 is 0.969 bits per heavy atom. The molecular weight excluding hydrogens is 400 g/mol. The second kappa shape index (κ2) is 11.7. The first-order chi connectivity index (χ1) is 15.2. The van der Waals surface area contributed by atoms with Crippen molar-refractivity contribution in [3.63, 3.8) is 0 Å². The molecule has 2 aromatic rings. The molecule has 0 aromatic heterocycles. The number of benzene rings is 2. The summed E-state index contributed by atoms with van der Waals surface area (Å²) in [7, 11) is 0. The summed E-state index contributed by atoms with van der Waals surface area (Å²) >= 11 is 0. The lowest BCUT2D eigenvalue weighted by Crippen LogP contribution is -2.51. The maximum Gasteiger partial charge on any atom is 0.261 e. The van der Waals surface area contributed by atoms with E-state index < -0.39 is 6.04 Å². The average Bonchev–Trinajstić information content (AvgIpc) is 2.76. The van der Waals surface area contributed by atoms with Crippen LogP contribution in [0.1, 0.15) is 61.4 Å². The molecular formula is C27H38N2O3. The third-order valence-electron chi connectivity index (χ3n) is 5.98. The van der Waals surface area contributed by atoms with Gasteiger partial charge in [0.05, 0.1) is 0 Å². The first kappa shape index (κ1) is 25.4. The van der Waals surface area contributed by atoms with E-state index in [1.165, 1.54) is 0 Å². The van der Waals surface area contributed by atoms with E-state index in [9.17, 15) is 9.59 Å². The summed E-state index contributed by atoms with van der Waals surface area (Å²) in [5.74, 6) is 0.392. The van der Waals surface area contributed by atoms with E-state index in [1.54, 1.807) is 4.90 Å². The fourth-order valence-electron chi connectivity index (χ4n) is 3.62. The molecule has 0 unspecified atom stereocenters. The summed E-state index contributed by atoms with van der Waals surface area (Å²) in [5.41, 5.74) is 5.38. The van der Waals surface area contributed by atoms with Crippen LogP contribution in [0, 0.1) is 27.7 Å². The smallest absolute Gasteiger partial charge is 0.261 e. The Morgan fingerprint density at radius 2 is 1.62 bits per heavy atom. The van der Waals surface area contributed by atoms with Crippen molar-refractivity contribution in [1.29, 1.82) is 0 Å². The largest absolute Gasteiger partial charge is 0.483 e. The van der Waals surface area contributed by atoms with E-state index in [1.807, 2.05) is 78.8 Å². The van der Waals surface area contributed by atoms with Crippen LogP contribution in [0.4, 0.5) is 0 Å². The Balaban J connectivity index is 2.26. The Kier molecular flexibility index (Phi) is 9.30. The van der Waals surface area contributed by atoms with Crippen LogP contribution in [0.3, 0.4) is 0 Å². The lowest BCUT2D eigenvalue weighted by atomic mass is 10.1. The van der Waals surface area contributed by atoms with Crippen molar-refractivity contribution in [1.82, 2.24) is 10.2 Å². The normalized spacial score (nSPS) is 12.7. The number of nitrogens with one attached hydrogen (secondary N) is 1. The van der Waals surface area contributed by atoms with Crippen LogP contribution >= 0.6 is 0 Å². The van der Waals surface area contributed by atoms with Crippen molar-refractivity contribution in [3.05, 3.63) is 64.2 Å². The molecule has 0 radical (unpaired) electrons. The topological polar surface area (TPSA) is 58.6 Å². The van der Waals surface area contributed by atoms with Crippen molar-refractivity contribution in [2.75, 3.05) is 6.61 Å². The number of amides is 2. The van der Waals surface area contributed by atoms with Crippen molar-refractivity contribution >= 4 is 11.8 Å². The average molecular weight is 439 g/mol. The molecule has 0 aliphatic carbocycles. The predicted molar refractivity (Wildman–Crippen MR) is 130 cm³/mol. The predicted octanol–water partition coefficient (Wildman–Crippen LogP) is 5.02. The highest BCUT2D eigenvalue weighted by Gasteiger charge is 2.29. The number of hydrogen-bond acceptors (Lipinski definition) is 3. The molecule has 0 saturated heterocycles. The molecule has 0 aliphatic rings. The summed E-state index contributed by atoms with van der Waals surface area (Å²) in [6.07, 6.45) is 1.37. The van der Waals surface area contributed by atoms with Gasteiger partial charge in [0, 0.05) is 12.6 Å². The van der Waals surface area contributed by atoms with Crippen molar-refractivity contribution in [3.8, 4) is 5.75 Å². The van der Waals surface area contributed by atoms with Gasteiger partial charge in [-0.3, -0.25) is 9.59 Å². The van der Waals surface area contributed by atoms with Gasteiger partial charge in [-0.05, 0) is 75.8 Å². The van der Waals surface area contributed by atoms with Crippen LogP contribution in [-0.2, 0) is 16.1 Å². The van der Waals surface area contributed by atoms with E-state index >= 15 is 0 Å². The van der Waals surface area contributed by atoms with Crippen molar-refractivity contribution in [2.45, 2.75) is 79.9 Å². The first-order valence-corrected chi connectivity index (χ1v) is 11.5. The number of carbonyl (C=O) groups excluding carboxylic acids is 2. The van der Waals surface area contributed by atoms with Crippen LogP contribution in [-0.4, -0.2) is 35.4 Å². The van der Waals surface area contributed by atoms with Gasteiger partial charge in [0.2, 0.25) is 5.91 Å². The van der Waals surface area contributed by atoms with E-state index in [-0.39, 0.29) is 24.5 Å². The Hall–Kier alpha value is -2.82. The van der Waals surface area contributed by atoms with Crippen LogP contribution in [0.5, 0.6) is 5.75 Å². The molecule has 2 rings (SSSR count). The highest BCUT2D eigenvalue weighted by atomic mass is 16.5. The third kappa shape index (κ3) is 6.84. The molecule has 5 nitrogen and oxygen atoms in total. The standard InChI is InChI=1S/C27H38N2O3/c1-8-21(6)28-27(31)24(9-2)29(16-23-12-10-18(3)11-13-23)26(30)17-32-25-15-19(4)14-20(5)22(25)7/h10-15,21,24H,8-9,16-17H2,1-7H3,(H,28,31)/t21-,24-/m1/s1. The van der Waals surface area contributed by atoms with Gasteiger partial charge in [0.15, 0.2) is 6.61 Å². The minimum absolute atomic E-state index is 0.0574. The summed E-state index contributed by atoms with van der Waals surface area (Å²) in [5, 5.41) is 3.04. The maximum absolute atomic E-state index is 13.4. The molecule has 174 valence electrons. The van der Waals surface area contributed by atoms with Gasteiger partial charge in [0.25, 0.3) is 5.91 Å². The highest BCUT2D eigenvalue weighted by molar-refractivity contribution is 5.88. The van der Waals surface area contributed by atoms with Gasteiger partial charge in [-0.2, -0.15) is 0 Å². The fraction of sp³-hybridized carbons (Fsp3) is 0.481. The number of rotatable bonds is 10. The molecule has 2 aromatic carbocycles. The SMILES string of the molecule is CC[C@@H](C)NC(=O)[C@@H](CC)N(Cc1ccc(C)cc1)C(=O)COc1cc(C)cc(C)c1C. The number of hydrogen-bond donors (Lipinski definition) is 1. The zero-order chi connectivity index (χ0) is 23.8. The van der Waals surface area contributed by atoms with Crippen LogP contribution in [0.15, 0.2) is 36.4 Å². The van der Waals surface area contributed by atoms with Crippen molar-refractivity contribution < 1.29 is 14.3 Å². The van der Waals surface area contributed by atoms with Gasteiger partial charge in [-0.15, -0.1) is 0 Å². The van der Waals surface area contributed by atoms with Gasteiger partial charge in [0.1, 0.15) is 11.8 Å². The molecule has 5 heteroatoms. The molecule has 2 atom stereocenters. The highest BCUT2D eigenvalue weighted by Crippen LogP contribution is 2.23. The van der Waals surface area contributed by atoms with Crippen LogP contribution in [0.2, 0.25) is 0 Å². The Bertz CT molecular complexity index is 921. The molecule has 0 heterocycles. The number of carbonyl (C=O) groups is 2. The molecule has 0 spiro atoms. The molecule has 1 N–H and O–H groups in total. The van der Waals surface area contributed by atoms with Gasteiger partial charge >= 0.3 is 0 Å². The number of ether oxygens (including phenoxy) is 1. The van der Waals surface area contributed by atoms with Crippen LogP contribution in [0.25, 0.3) is 0 Å². The second-order valence-electron chi connectivity index (χ2n) is 8.74. The van der Waals surface area contributed by atoms with Gasteiger partial charge in [-0.25, -0.2) is 0 Å². The fourth-order valence-corrected chi connectivity index (χ4v) is 3.62.